The van der Waals surface area contributed by atoms with Crippen LogP contribution in [0.1, 0.15) is 30.5 Å². The normalized spacial score (nSPS) is 14.3. The minimum Gasteiger partial charge on any atom is -0.372 e. The van der Waals surface area contributed by atoms with Gasteiger partial charge in [-0.2, -0.15) is 0 Å². The molecular formula is C24H33N3O. The van der Waals surface area contributed by atoms with E-state index in [-0.39, 0.29) is 5.91 Å². The van der Waals surface area contributed by atoms with Crippen molar-refractivity contribution in [2.75, 3.05) is 49.1 Å². The van der Waals surface area contributed by atoms with Crippen LogP contribution >= 0.6 is 0 Å². The summed E-state index contributed by atoms with van der Waals surface area (Å²) in [6.07, 6.45) is 0.498. The third-order valence-electron chi connectivity index (χ3n) is 5.76. The smallest absolute Gasteiger partial charge is 0.227 e. The Kier molecular flexibility index (Phi) is 6.61. The van der Waals surface area contributed by atoms with Gasteiger partial charge < -0.3 is 14.7 Å². The van der Waals surface area contributed by atoms with E-state index in [0.717, 1.165) is 44.8 Å². The quantitative estimate of drug-likeness (QED) is 0.758. The lowest BCUT2D eigenvalue weighted by Crippen LogP contribution is -2.49. The predicted octanol–water partition coefficient (Wildman–Crippen LogP) is 4.04. The summed E-state index contributed by atoms with van der Waals surface area (Å²) < 4.78 is 0. The minimum atomic E-state index is 0.233. The molecule has 1 amide bonds. The molecule has 1 saturated heterocycles. The second-order valence-corrected chi connectivity index (χ2v) is 7.67. The van der Waals surface area contributed by atoms with Gasteiger partial charge in [0.15, 0.2) is 0 Å². The van der Waals surface area contributed by atoms with Gasteiger partial charge in [0.05, 0.1) is 6.42 Å². The Labute approximate surface area is 169 Å². The molecule has 0 unspecified atom stereocenters. The van der Waals surface area contributed by atoms with Crippen molar-refractivity contribution in [3.63, 3.8) is 0 Å². The van der Waals surface area contributed by atoms with Gasteiger partial charge in [-0.25, -0.2) is 0 Å². The molecule has 4 heteroatoms. The molecule has 0 aliphatic carbocycles. The maximum atomic E-state index is 12.7. The van der Waals surface area contributed by atoms with Gasteiger partial charge in [-0.05, 0) is 57.0 Å². The Hall–Kier alpha value is -2.49. The minimum absolute atomic E-state index is 0.233. The van der Waals surface area contributed by atoms with Crippen LogP contribution in [-0.4, -0.2) is 50.1 Å². The predicted molar refractivity (Wildman–Crippen MR) is 118 cm³/mol. The van der Waals surface area contributed by atoms with Gasteiger partial charge in [0, 0.05) is 50.6 Å². The molecule has 1 aliphatic heterocycles. The lowest BCUT2D eigenvalue weighted by molar-refractivity contribution is -0.130. The summed E-state index contributed by atoms with van der Waals surface area (Å²) >= 11 is 0. The van der Waals surface area contributed by atoms with E-state index in [1.165, 1.54) is 22.5 Å². The Balaban J connectivity index is 1.59. The Morgan fingerprint density at radius 3 is 2.14 bits per heavy atom. The maximum Gasteiger partial charge on any atom is 0.227 e. The molecule has 1 heterocycles. The fraction of sp³-hybridized carbons (Fsp3) is 0.458. The summed E-state index contributed by atoms with van der Waals surface area (Å²) in [6, 6.07) is 15.0. The Bertz CT molecular complexity index is 788. The molecule has 1 aliphatic rings. The number of anilines is 2. The molecule has 150 valence electrons. The molecule has 0 atom stereocenters. The maximum absolute atomic E-state index is 12.7. The second-order valence-electron chi connectivity index (χ2n) is 7.67. The highest BCUT2D eigenvalue weighted by Crippen LogP contribution is 2.26. The van der Waals surface area contributed by atoms with Gasteiger partial charge in [0.1, 0.15) is 0 Å². The van der Waals surface area contributed by atoms with Crippen molar-refractivity contribution < 1.29 is 4.79 Å². The average Bonchev–Trinajstić information content (AvgIpc) is 2.71. The molecule has 0 bridgehead atoms. The fourth-order valence-electron chi connectivity index (χ4n) is 3.97. The largest absolute Gasteiger partial charge is 0.372 e. The first-order valence-corrected chi connectivity index (χ1v) is 10.5. The molecule has 0 N–H and O–H groups in total. The molecule has 0 aromatic heterocycles. The first-order valence-electron chi connectivity index (χ1n) is 10.5. The van der Waals surface area contributed by atoms with Crippen LogP contribution in [0.4, 0.5) is 11.4 Å². The molecule has 1 fully saturated rings. The Morgan fingerprint density at radius 2 is 1.57 bits per heavy atom. The summed E-state index contributed by atoms with van der Waals surface area (Å²) in [6.45, 7) is 14.1. The number of carbonyl (C=O) groups excluding carboxylic acids is 1. The number of rotatable bonds is 6. The standard InChI is InChI=1S/C24H33N3O/c1-5-25(6-2)22-11-12-23(20(4)17-22)26-13-15-27(16-14-26)24(28)18-21-9-7-19(3)8-10-21/h7-12,17H,5-6,13-16,18H2,1-4H3. The topological polar surface area (TPSA) is 26.8 Å². The number of hydrogen-bond acceptors (Lipinski definition) is 3. The van der Waals surface area contributed by atoms with Gasteiger partial charge in [-0.15, -0.1) is 0 Å². The number of carbonyl (C=O) groups is 1. The van der Waals surface area contributed by atoms with Crippen LogP contribution in [0.2, 0.25) is 0 Å². The third-order valence-corrected chi connectivity index (χ3v) is 5.76. The van der Waals surface area contributed by atoms with Crippen molar-refractivity contribution >= 4 is 17.3 Å². The monoisotopic (exact) mass is 379 g/mol. The third kappa shape index (κ3) is 4.67. The van der Waals surface area contributed by atoms with E-state index < -0.39 is 0 Å². The summed E-state index contributed by atoms with van der Waals surface area (Å²) in [5, 5.41) is 0. The number of benzene rings is 2. The number of amides is 1. The molecule has 2 aromatic rings. The summed E-state index contributed by atoms with van der Waals surface area (Å²) in [5.74, 6) is 0.233. The second kappa shape index (κ2) is 9.13. The lowest BCUT2D eigenvalue weighted by atomic mass is 10.1. The van der Waals surface area contributed by atoms with E-state index in [9.17, 15) is 4.79 Å². The Morgan fingerprint density at radius 1 is 0.929 bits per heavy atom. The number of hydrogen-bond donors (Lipinski definition) is 0. The van der Waals surface area contributed by atoms with Crippen molar-refractivity contribution in [3.8, 4) is 0 Å². The van der Waals surface area contributed by atoms with Crippen LogP contribution in [-0.2, 0) is 11.2 Å². The summed E-state index contributed by atoms with van der Waals surface area (Å²) in [7, 11) is 0. The van der Waals surface area contributed by atoms with Crippen molar-refractivity contribution in [3.05, 3.63) is 59.2 Å². The number of piperazine rings is 1. The zero-order valence-electron chi connectivity index (χ0n) is 17.7. The van der Waals surface area contributed by atoms with Gasteiger partial charge in [-0.1, -0.05) is 29.8 Å². The van der Waals surface area contributed by atoms with Crippen LogP contribution in [0.15, 0.2) is 42.5 Å². The zero-order valence-corrected chi connectivity index (χ0v) is 17.7. The van der Waals surface area contributed by atoms with Gasteiger partial charge in [-0.3, -0.25) is 4.79 Å². The van der Waals surface area contributed by atoms with E-state index in [2.05, 4.69) is 80.0 Å². The highest BCUT2D eigenvalue weighted by Gasteiger charge is 2.22. The van der Waals surface area contributed by atoms with E-state index in [1.807, 2.05) is 4.90 Å². The molecule has 0 radical (unpaired) electrons. The van der Waals surface area contributed by atoms with Crippen molar-refractivity contribution in [2.45, 2.75) is 34.1 Å². The van der Waals surface area contributed by atoms with E-state index in [0.29, 0.717) is 6.42 Å². The first kappa shape index (κ1) is 20.2. The summed E-state index contributed by atoms with van der Waals surface area (Å²) in [5.41, 5.74) is 6.22. The molecular weight excluding hydrogens is 346 g/mol. The fourth-order valence-corrected chi connectivity index (χ4v) is 3.97. The summed E-state index contributed by atoms with van der Waals surface area (Å²) in [4.78, 5) is 19.4. The molecule has 3 rings (SSSR count). The van der Waals surface area contributed by atoms with Crippen LogP contribution in [0.25, 0.3) is 0 Å². The lowest BCUT2D eigenvalue weighted by Gasteiger charge is -2.37. The van der Waals surface area contributed by atoms with Crippen molar-refractivity contribution in [1.29, 1.82) is 0 Å². The van der Waals surface area contributed by atoms with Crippen LogP contribution in [0, 0.1) is 13.8 Å². The molecule has 0 saturated carbocycles. The van der Waals surface area contributed by atoms with Crippen LogP contribution in [0.5, 0.6) is 0 Å². The van der Waals surface area contributed by atoms with E-state index in [1.54, 1.807) is 0 Å². The van der Waals surface area contributed by atoms with E-state index in [4.69, 9.17) is 0 Å². The average molecular weight is 380 g/mol. The SMILES string of the molecule is CCN(CC)c1ccc(N2CCN(C(=O)Cc3ccc(C)cc3)CC2)c(C)c1. The molecule has 4 nitrogen and oxygen atoms in total. The van der Waals surface area contributed by atoms with Gasteiger partial charge in [0.2, 0.25) is 5.91 Å². The number of nitrogens with zero attached hydrogens (tertiary/aromatic N) is 3. The van der Waals surface area contributed by atoms with Crippen molar-refractivity contribution in [1.82, 2.24) is 4.90 Å². The highest BCUT2D eigenvalue weighted by molar-refractivity contribution is 5.79. The van der Waals surface area contributed by atoms with Gasteiger partial charge >= 0.3 is 0 Å². The van der Waals surface area contributed by atoms with Crippen LogP contribution in [0.3, 0.4) is 0 Å². The van der Waals surface area contributed by atoms with Crippen molar-refractivity contribution in [2.24, 2.45) is 0 Å². The highest BCUT2D eigenvalue weighted by atomic mass is 16.2. The first-order chi connectivity index (χ1) is 13.5. The zero-order chi connectivity index (χ0) is 20.1. The van der Waals surface area contributed by atoms with Gasteiger partial charge in [0.25, 0.3) is 0 Å². The van der Waals surface area contributed by atoms with Crippen LogP contribution < -0.4 is 9.80 Å². The molecule has 28 heavy (non-hydrogen) atoms. The number of aryl methyl sites for hydroxylation is 2. The molecule has 0 spiro atoms. The molecule has 2 aromatic carbocycles. The van der Waals surface area contributed by atoms with E-state index >= 15 is 0 Å².